The SMILES string of the molecule is Cc1c(Br)ccc(NCCN(C)C)c1N. The maximum Gasteiger partial charge on any atom is 0.0590 e. The molecule has 0 spiro atoms. The van der Waals surface area contributed by atoms with E-state index < -0.39 is 0 Å². The molecule has 0 saturated carbocycles. The molecule has 0 atom stereocenters. The number of halogens is 1. The van der Waals surface area contributed by atoms with E-state index in [9.17, 15) is 0 Å². The molecule has 3 N–H and O–H groups in total. The third-order valence-corrected chi connectivity index (χ3v) is 3.18. The van der Waals surface area contributed by atoms with E-state index in [1.54, 1.807) is 0 Å². The van der Waals surface area contributed by atoms with Crippen molar-refractivity contribution in [2.24, 2.45) is 0 Å². The monoisotopic (exact) mass is 271 g/mol. The topological polar surface area (TPSA) is 41.3 Å². The fourth-order valence-electron chi connectivity index (χ4n) is 1.27. The van der Waals surface area contributed by atoms with Crippen molar-refractivity contribution in [3.05, 3.63) is 22.2 Å². The highest BCUT2D eigenvalue weighted by atomic mass is 79.9. The van der Waals surface area contributed by atoms with E-state index in [2.05, 4.69) is 40.2 Å². The van der Waals surface area contributed by atoms with E-state index in [0.717, 1.165) is 34.5 Å². The molecule has 1 aromatic rings. The Kier molecular flexibility index (Phi) is 4.42. The lowest BCUT2D eigenvalue weighted by atomic mass is 10.2. The summed E-state index contributed by atoms with van der Waals surface area (Å²) in [5, 5.41) is 3.32. The molecule has 0 aliphatic heterocycles. The molecule has 0 aromatic heterocycles. The van der Waals surface area contributed by atoms with Gasteiger partial charge in [0.15, 0.2) is 0 Å². The van der Waals surface area contributed by atoms with E-state index in [4.69, 9.17) is 5.73 Å². The van der Waals surface area contributed by atoms with Crippen molar-refractivity contribution < 1.29 is 0 Å². The molecular weight excluding hydrogens is 254 g/mol. The van der Waals surface area contributed by atoms with Gasteiger partial charge < -0.3 is 16.0 Å². The number of hydrogen-bond donors (Lipinski definition) is 2. The fraction of sp³-hybridized carbons (Fsp3) is 0.455. The predicted octanol–water partition coefficient (Wildman–Crippen LogP) is 2.31. The largest absolute Gasteiger partial charge is 0.397 e. The standard InChI is InChI=1S/C11H18BrN3/c1-8-9(12)4-5-10(11(8)13)14-6-7-15(2)3/h4-5,14H,6-7,13H2,1-3H3. The van der Waals surface area contributed by atoms with Gasteiger partial charge in [0, 0.05) is 17.6 Å². The van der Waals surface area contributed by atoms with Crippen LogP contribution >= 0.6 is 15.9 Å². The summed E-state index contributed by atoms with van der Waals surface area (Å²) in [6, 6.07) is 4.02. The molecule has 0 aliphatic rings. The molecule has 84 valence electrons. The molecule has 0 fully saturated rings. The summed E-state index contributed by atoms with van der Waals surface area (Å²) >= 11 is 3.46. The van der Waals surface area contributed by atoms with Crippen molar-refractivity contribution in [3.8, 4) is 0 Å². The third kappa shape index (κ3) is 3.39. The van der Waals surface area contributed by atoms with Gasteiger partial charge in [0.05, 0.1) is 11.4 Å². The van der Waals surface area contributed by atoms with Crippen molar-refractivity contribution in [1.29, 1.82) is 0 Å². The highest BCUT2D eigenvalue weighted by Gasteiger charge is 2.04. The molecule has 0 bridgehead atoms. The number of benzene rings is 1. The number of likely N-dealkylation sites (N-methyl/N-ethyl adjacent to an activating group) is 1. The van der Waals surface area contributed by atoms with E-state index in [1.165, 1.54) is 0 Å². The molecule has 15 heavy (non-hydrogen) atoms. The number of nitrogens with two attached hydrogens (primary N) is 1. The van der Waals surface area contributed by atoms with Gasteiger partial charge >= 0.3 is 0 Å². The fourth-order valence-corrected chi connectivity index (χ4v) is 1.62. The molecule has 0 saturated heterocycles. The molecule has 3 nitrogen and oxygen atoms in total. The first-order valence-corrected chi connectivity index (χ1v) is 5.75. The van der Waals surface area contributed by atoms with Crippen LogP contribution in [0.25, 0.3) is 0 Å². The van der Waals surface area contributed by atoms with E-state index in [1.807, 2.05) is 19.1 Å². The van der Waals surface area contributed by atoms with E-state index in [-0.39, 0.29) is 0 Å². The molecule has 1 rings (SSSR count). The maximum atomic E-state index is 5.99. The Labute approximate surface area is 99.8 Å². The number of rotatable bonds is 4. The molecular formula is C11H18BrN3. The number of anilines is 2. The van der Waals surface area contributed by atoms with Crippen LogP contribution in [-0.4, -0.2) is 32.1 Å². The number of nitrogen functional groups attached to an aromatic ring is 1. The molecule has 1 aromatic carbocycles. The predicted molar refractivity (Wildman–Crippen MR) is 70.3 cm³/mol. The van der Waals surface area contributed by atoms with Gasteiger partial charge in [0.1, 0.15) is 0 Å². The molecule has 0 amide bonds. The summed E-state index contributed by atoms with van der Waals surface area (Å²) in [5.74, 6) is 0. The maximum absolute atomic E-state index is 5.99. The van der Waals surface area contributed by atoms with Crippen LogP contribution < -0.4 is 11.1 Å². The first-order valence-electron chi connectivity index (χ1n) is 4.95. The zero-order valence-electron chi connectivity index (χ0n) is 9.47. The van der Waals surface area contributed by atoms with Gasteiger partial charge in [-0.3, -0.25) is 0 Å². The van der Waals surface area contributed by atoms with Crippen LogP contribution in [0.15, 0.2) is 16.6 Å². The van der Waals surface area contributed by atoms with Crippen LogP contribution in [0.5, 0.6) is 0 Å². The van der Waals surface area contributed by atoms with Crippen molar-refractivity contribution >= 4 is 27.3 Å². The van der Waals surface area contributed by atoms with Crippen LogP contribution in [0.3, 0.4) is 0 Å². The summed E-state index contributed by atoms with van der Waals surface area (Å²) in [6.45, 7) is 3.91. The Balaban J connectivity index is 2.66. The van der Waals surface area contributed by atoms with Crippen LogP contribution in [0, 0.1) is 6.92 Å². The van der Waals surface area contributed by atoms with E-state index >= 15 is 0 Å². The van der Waals surface area contributed by atoms with Crippen molar-refractivity contribution in [3.63, 3.8) is 0 Å². The Morgan fingerprint density at radius 3 is 2.67 bits per heavy atom. The van der Waals surface area contributed by atoms with Gasteiger partial charge in [-0.25, -0.2) is 0 Å². The summed E-state index contributed by atoms with van der Waals surface area (Å²) in [5.41, 5.74) is 8.92. The van der Waals surface area contributed by atoms with Crippen LogP contribution in [0.4, 0.5) is 11.4 Å². The molecule has 0 unspecified atom stereocenters. The van der Waals surface area contributed by atoms with Crippen LogP contribution in [-0.2, 0) is 0 Å². The summed E-state index contributed by atoms with van der Waals surface area (Å²) < 4.78 is 1.05. The Morgan fingerprint density at radius 2 is 2.07 bits per heavy atom. The number of nitrogens with one attached hydrogen (secondary N) is 1. The lowest BCUT2D eigenvalue weighted by Crippen LogP contribution is -2.21. The minimum absolute atomic E-state index is 0.822. The minimum Gasteiger partial charge on any atom is -0.397 e. The van der Waals surface area contributed by atoms with Gasteiger partial charge in [0.25, 0.3) is 0 Å². The lowest BCUT2D eigenvalue weighted by molar-refractivity contribution is 0.425. The first kappa shape index (κ1) is 12.3. The van der Waals surface area contributed by atoms with Gasteiger partial charge in [-0.1, -0.05) is 15.9 Å². The smallest absolute Gasteiger partial charge is 0.0590 e. The molecule has 0 heterocycles. The Bertz CT molecular complexity index is 337. The summed E-state index contributed by atoms with van der Waals surface area (Å²) in [6.07, 6.45) is 0. The van der Waals surface area contributed by atoms with Gasteiger partial charge in [-0.05, 0) is 38.7 Å². The van der Waals surface area contributed by atoms with Crippen molar-refractivity contribution in [2.45, 2.75) is 6.92 Å². The molecule has 0 radical (unpaired) electrons. The number of hydrogen-bond acceptors (Lipinski definition) is 3. The normalized spacial score (nSPS) is 10.7. The highest BCUT2D eigenvalue weighted by Crippen LogP contribution is 2.28. The average molecular weight is 272 g/mol. The summed E-state index contributed by atoms with van der Waals surface area (Å²) in [4.78, 5) is 2.13. The quantitative estimate of drug-likeness (QED) is 0.826. The van der Waals surface area contributed by atoms with Crippen LogP contribution in [0.2, 0.25) is 0 Å². The molecule has 4 heteroatoms. The third-order valence-electron chi connectivity index (χ3n) is 2.32. The Hall–Kier alpha value is -0.740. The highest BCUT2D eigenvalue weighted by molar-refractivity contribution is 9.10. The van der Waals surface area contributed by atoms with Gasteiger partial charge in [0.2, 0.25) is 0 Å². The number of nitrogens with zero attached hydrogens (tertiary/aromatic N) is 1. The second-order valence-electron chi connectivity index (χ2n) is 3.86. The second kappa shape index (κ2) is 5.37. The second-order valence-corrected chi connectivity index (χ2v) is 4.72. The van der Waals surface area contributed by atoms with Crippen molar-refractivity contribution in [1.82, 2.24) is 4.90 Å². The van der Waals surface area contributed by atoms with E-state index in [0.29, 0.717) is 0 Å². The summed E-state index contributed by atoms with van der Waals surface area (Å²) in [7, 11) is 4.11. The first-order chi connectivity index (χ1) is 7.02. The van der Waals surface area contributed by atoms with Crippen LogP contribution in [0.1, 0.15) is 5.56 Å². The zero-order valence-corrected chi connectivity index (χ0v) is 11.1. The van der Waals surface area contributed by atoms with Gasteiger partial charge in [-0.2, -0.15) is 0 Å². The zero-order chi connectivity index (χ0) is 11.4. The van der Waals surface area contributed by atoms with Crippen molar-refractivity contribution in [2.75, 3.05) is 38.2 Å². The lowest BCUT2D eigenvalue weighted by Gasteiger charge is -2.14. The molecule has 0 aliphatic carbocycles. The Morgan fingerprint density at radius 1 is 1.40 bits per heavy atom. The average Bonchev–Trinajstić information content (AvgIpc) is 2.18. The van der Waals surface area contributed by atoms with Gasteiger partial charge in [-0.15, -0.1) is 0 Å². The minimum atomic E-state index is 0.822.